The van der Waals surface area contributed by atoms with Gasteiger partial charge in [-0.1, -0.05) is 36.2 Å². The van der Waals surface area contributed by atoms with Crippen LogP contribution in [0.4, 0.5) is 0 Å². The highest BCUT2D eigenvalue weighted by Gasteiger charge is 2.32. The van der Waals surface area contributed by atoms with Crippen molar-refractivity contribution in [2.24, 2.45) is 0 Å². The van der Waals surface area contributed by atoms with Gasteiger partial charge in [-0.2, -0.15) is 0 Å². The predicted molar refractivity (Wildman–Crippen MR) is 105 cm³/mol. The van der Waals surface area contributed by atoms with Crippen molar-refractivity contribution in [1.82, 2.24) is 9.80 Å². The van der Waals surface area contributed by atoms with Gasteiger partial charge >= 0.3 is 0 Å². The number of thioether (sulfide) groups is 1. The van der Waals surface area contributed by atoms with Gasteiger partial charge in [0.25, 0.3) is 0 Å². The Morgan fingerprint density at radius 1 is 1.17 bits per heavy atom. The second kappa shape index (κ2) is 9.12. The van der Waals surface area contributed by atoms with E-state index in [2.05, 4.69) is 47.9 Å². The first-order valence-electron chi connectivity index (χ1n) is 8.87. The minimum atomic E-state index is 0. The van der Waals surface area contributed by atoms with E-state index >= 15 is 0 Å². The summed E-state index contributed by atoms with van der Waals surface area (Å²) in [6.07, 6.45) is 5.10. The molecule has 2 saturated heterocycles. The van der Waals surface area contributed by atoms with E-state index in [9.17, 15) is 4.79 Å². The van der Waals surface area contributed by atoms with Crippen LogP contribution in [0.1, 0.15) is 49.1 Å². The van der Waals surface area contributed by atoms with Gasteiger partial charge < -0.3 is 9.80 Å². The molecule has 0 bridgehead atoms. The average molecular weight is 369 g/mol. The maximum absolute atomic E-state index is 12.3. The molecule has 1 amide bonds. The normalized spacial score (nSPS) is 24.9. The number of hydrogen-bond donors (Lipinski definition) is 0. The number of nitrogens with zero attached hydrogens (tertiary/aromatic N) is 2. The Morgan fingerprint density at radius 3 is 2.62 bits per heavy atom. The van der Waals surface area contributed by atoms with Gasteiger partial charge in [-0.3, -0.25) is 4.79 Å². The lowest BCUT2D eigenvalue weighted by Crippen LogP contribution is -2.39. The van der Waals surface area contributed by atoms with Crippen molar-refractivity contribution >= 4 is 30.1 Å². The highest BCUT2D eigenvalue weighted by atomic mass is 35.5. The minimum Gasteiger partial charge on any atom is -0.326 e. The van der Waals surface area contributed by atoms with Crippen molar-refractivity contribution in [2.75, 3.05) is 25.4 Å². The first-order valence-corrected chi connectivity index (χ1v) is 9.92. The van der Waals surface area contributed by atoms with Crippen molar-refractivity contribution in [3.8, 4) is 0 Å². The summed E-state index contributed by atoms with van der Waals surface area (Å²) >= 11 is 1.77. The molecule has 134 valence electrons. The van der Waals surface area contributed by atoms with Gasteiger partial charge in [0, 0.05) is 19.1 Å². The molecule has 3 nitrogen and oxygen atoms in total. The van der Waals surface area contributed by atoms with Crippen LogP contribution in [-0.4, -0.2) is 47.1 Å². The number of carbonyl (C=O) groups is 1. The molecule has 0 spiro atoms. The lowest BCUT2D eigenvalue weighted by Gasteiger charge is -2.34. The Labute approximate surface area is 156 Å². The van der Waals surface area contributed by atoms with Crippen LogP contribution in [0.3, 0.4) is 0 Å². The molecule has 0 aromatic heterocycles. The molecule has 2 heterocycles. The zero-order valence-electron chi connectivity index (χ0n) is 14.7. The second-order valence-corrected chi connectivity index (χ2v) is 7.96. The van der Waals surface area contributed by atoms with E-state index in [0.717, 1.165) is 19.5 Å². The van der Waals surface area contributed by atoms with E-state index in [1.807, 2.05) is 0 Å². The molecular formula is C19H29ClN2OS. The summed E-state index contributed by atoms with van der Waals surface area (Å²) < 4.78 is 0. The van der Waals surface area contributed by atoms with Gasteiger partial charge in [0.1, 0.15) is 5.37 Å². The summed E-state index contributed by atoms with van der Waals surface area (Å²) in [5.74, 6) is 0.922. The summed E-state index contributed by atoms with van der Waals surface area (Å²) in [7, 11) is 0. The predicted octanol–water partition coefficient (Wildman–Crippen LogP) is 4.26. The zero-order chi connectivity index (χ0) is 16.2. The van der Waals surface area contributed by atoms with E-state index in [-0.39, 0.29) is 17.8 Å². The number of hydrogen-bond acceptors (Lipinski definition) is 3. The Morgan fingerprint density at radius 2 is 1.92 bits per heavy atom. The van der Waals surface area contributed by atoms with E-state index in [1.54, 1.807) is 11.8 Å². The number of amides is 1. The number of aryl methyl sites for hydroxylation is 1. The molecule has 2 atom stereocenters. The van der Waals surface area contributed by atoms with Gasteiger partial charge in [-0.25, -0.2) is 0 Å². The molecule has 0 saturated carbocycles. The van der Waals surface area contributed by atoms with Crippen LogP contribution >= 0.6 is 24.2 Å². The number of benzene rings is 1. The SMILES string of the molecule is Cc1ccc(C2SCC(=O)N2CCCN2CCCCC2C)cc1.Cl. The third-order valence-electron chi connectivity index (χ3n) is 5.12. The first-order chi connectivity index (χ1) is 11.1. The molecular weight excluding hydrogens is 340 g/mol. The molecule has 2 unspecified atom stereocenters. The molecule has 0 aliphatic carbocycles. The number of halogens is 1. The standard InChI is InChI=1S/C19H28N2OS.ClH/c1-15-7-9-17(10-8-15)19-21(18(22)14-23-19)13-5-12-20-11-4-3-6-16(20)2;/h7-10,16,19H,3-6,11-14H2,1-2H3;1H. The topological polar surface area (TPSA) is 23.6 Å². The summed E-state index contributed by atoms with van der Waals surface area (Å²) in [6.45, 7) is 7.68. The number of rotatable bonds is 5. The summed E-state index contributed by atoms with van der Waals surface area (Å²) in [5, 5.41) is 0.210. The molecule has 24 heavy (non-hydrogen) atoms. The monoisotopic (exact) mass is 368 g/mol. The van der Waals surface area contributed by atoms with Gasteiger partial charge in [0.05, 0.1) is 5.75 Å². The maximum atomic E-state index is 12.3. The minimum absolute atomic E-state index is 0. The highest BCUT2D eigenvalue weighted by molar-refractivity contribution is 8.00. The van der Waals surface area contributed by atoms with Crippen LogP contribution in [0, 0.1) is 6.92 Å². The average Bonchev–Trinajstić information content (AvgIpc) is 2.91. The van der Waals surface area contributed by atoms with E-state index in [0.29, 0.717) is 17.7 Å². The summed E-state index contributed by atoms with van der Waals surface area (Å²) in [5.41, 5.74) is 2.53. The van der Waals surface area contributed by atoms with Crippen molar-refractivity contribution in [2.45, 2.75) is 50.9 Å². The highest BCUT2D eigenvalue weighted by Crippen LogP contribution is 2.38. The Hall–Kier alpha value is -0.710. The summed E-state index contributed by atoms with van der Waals surface area (Å²) in [6, 6.07) is 9.34. The van der Waals surface area contributed by atoms with Crippen molar-refractivity contribution in [3.63, 3.8) is 0 Å². The molecule has 3 rings (SSSR count). The molecule has 5 heteroatoms. The molecule has 1 aromatic rings. The number of carbonyl (C=O) groups excluding carboxylic acids is 1. The van der Waals surface area contributed by atoms with Crippen molar-refractivity contribution in [3.05, 3.63) is 35.4 Å². The Bertz CT molecular complexity index is 537. The van der Waals surface area contributed by atoms with Crippen LogP contribution < -0.4 is 0 Å². The molecule has 0 radical (unpaired) electrons. The molecule has 2 aliphatic rings. The van der Waals surface area contributed by atoms with E-state index in [1.165, 1.54) is 36.9 Å². The lowest BCUT2D eigenvalue weighted by molar-refractivity contribution is -0.128. The third kappa shape index (κ3) is 4.68. The maximum Gasteiger partial charge on any atom is 0.233 e. The fourth-order valence-electron chi connectivity index (χ4n) is 3.64. The summed E-state index contributed by atoms with van der Waals surface area (Å²) in [4.78, 5) is 16.9. The zero-order valence-corrected chi connectivity index (χ0v) is 16.4. The lowest BCUT2D eigenvalue weighted by atomic mass is 10.0. The number of likely N-dealkylation sites (tertiary alicyclic amines) is 1. The van der Waals surface area contributed by atoms with E-state index in [4.69, 9.17) is 0 Å². The van der Waals surface area contributed by atoms with Crippen LogP contribution in [0.25, 0.3) is 0 Å². The molecule has 2 aliphatic heterocycles. The molecule has 1 aromatic carbocycles. The van der Waals surface area contributed by atoms with E-state index < -0.39 is 0 Å². The van der Waals surface area contributed by atoms with Gasteiger partial charge in [-0.05, 0) is 45.2 Å². The van der Waals surface area contributed by atoms with Crippen LogP contribution in [-0.2, 0) is 4.79 Å². The van der Waals surface area contributed by atoms with Crippen LogP contribution in [0.5, 0.6) is 0 Å². The fourth-order valence-corrected chi connectivity index (χ4v) is 4.86. The van der Waals surface area contributed by atoms with Crippen LogP contribution in [0.15, 0.2) is 24.3 Å². The molecule has 2 fully saturated rings. The van der Waals surface area contributed by atoms with Gasteiger partial charge in [0.2, 0.25) is 5.91 Å². The Kier molecular flexibility index (Phi) is 7.45. The number of piperidine rings is 1. The van der Waals surface area contributed by atoms with Gasteiger partial charge in [0.15, 0.2) is 0 Å². The smallest absolute Gasteiger partial charge is 0.233 e. The third-order valence-corrected chi connectivity index (χ3v) is 6.37. The largest absolute Gasteiger partial charge is 0.326 e. The van der Waals surface area contributed by atoms with Gasteiger partial charge in [-0.15, -0.1) is 24.2 Å². The first kappa shape index (κ1) is 19.6. The van der Waals surface area contributed by atoms with Crippen LogP contribution in [0.2, 0.25) is 0 Å². The quantitative estimate of drug-likeness (QED) is 0.776. The Balaban J connectivity index is 0.00000208. The van der Waals surface area contributed by atoms with Crippen molar-refractivity contribution in [1.29, 1.82) is 0 Å². The van der Waals surface area contributed by atoms with Crippen molar-refractivity contribution < 1.29 is 4.79 Å². The molecule has 0 N–H and O–H groups in total. The second-order valence-electron chi connectivity index (χ2n) is 6.90. The fraction of sp³-hybridized carbons (Fsp3) is 0.632.